The van der Waals surface area contributed by atoms with Gasteiger partial charge in [0.05, 0.1) is 5.41 Å². The van der Waals surface area contributed by atoms with Crippen molar-refractivity contribution in [1.82, 2.24) is 4.90 Å². The van der Waals surface area contributed by atoms with E-state index >= 15 is 0 Å². The van der Waals surface area contributed by atoms with Crippen LogP contribution < -0.4 is 0 Å². The Labute approximate surface area is 302 Å². The second kappa shape index (κ2) is 11.9. The molecule has 1 saturated heterocycles. The van der Waals surface area contributed by atoms with Crippen LogP contribution in [0, 0.1) is 56.7 Å². The largest absolute Gasteiger partial charge is 0.460 e. The maximum atomic E-state index is 14.7. The molecule has 4 heteroatoms. The first kappa shape index (κ1) is 34.9. The first-order chi connectivity index (χ1) is 23.8. The van der Waals surface area contributed by atoms with Crippen LogP contribution in [0.1, 0.15) is 124 Å². The van der Waals surface area contributed by atoms with Crippen LogP contribution in [0.2, 0.25) is 0 Å². The average molecular weight is 682 g/mol. The van der Waals surface area contributed by atoms with E-state index in [9.17, 15) is 9.18 Å². The van der Waals surface area contributed by atoms with Crippen LogP contribution in [0.15, 0.2) is 65.8 Å². The fourth-order valence-corrected chi connectivity index (χ4v) is 14.7. The minimum absolute atomic E-state index is 0.0406. The smallest absolute Gasteiger partial charge is 0.315 e. The number of nitrogens with zero attached hydrogens (tertiary/aromatic N) is 1. The molecule has 0 unspecified atom stereocenters. The van der Waals surface area contributed by atoms with E-state index in [1.54, 1.807) is 0 Å². The summed E-state index contributed by atoms with van der Waals surface area (Å²) >= 11 is 0. The van der Waals surface area contributed by atoms with E-state index in [0.717, 1.165) is 36.2 Å². The Morgan fingerprint density at radius 3 is 2.30 bits per heavy atom. The van der Waals surface area contributed by atoms with Gasteiger partial charge in [-0.25, -0.2) is 4.39 Å². The summed E-state index contributed by atoms with van der Waals surface area (Å²) in [6, 6.07) is 9.72. The van der Waals surface area contributed by atoms with E-state index in [2.05, 4.69) is 65.2 Å². The molecule has 0 spiro atoms. The molecular weight excluding hydrogens is 618 g/mol. The van der Waals surface area contributed by atoms with Crippen molar-refractivity contribution in [3.8, 4) is 0 Å². The zero-order chi connectivity index (χ0) is 35.3. The monoisotopic (exact) mass is 681 g/mol. The van der Waals surface area contributed by atoms with Gasteiger partial charge in [-0.1, -0.05) is 89.3 Å². The second-order valence-corrected chi connectivity index (χ2v) is 19.7. The molecule has 272 valence electrons. The van der Waals surface area contributed by atoms with Crippen LogP contribution in [0.25, 0.3) is 0 Å². The van der Waals surface area contributed by atoms with Gasteiger partial charge in [-0.2, -0.15) is 0 Å². The molecule has 50 heavy (non-hydrogen) atoms. The van der Waals surface area contributed by atoms with Crippen molar-refractivity contribution in [1.29, 1.82) is 0 Å². The van der Waals surface area contributed by atoms with Crippen LogP contribution >= 0.6 is 0 Å². The van der Waals surface area contributed by atoms with Gasteiger partial charge < -0.3 is 4.74 Å². The number of allylic oxidation sites excluding steroid dienone is 5. The summed E-state index contributed by atoms with van der Waals surface area (Å²) in [5, 5.41) is 0. The molecule has 0 amide bonds. The normalized spacial score (nSPS) is 44.8. The molecule has 7 aliphatic rings. The average Bonchev–Trinajstić information content (AvgIpc) is 3.88. The third-order valence-electron chi connectivity index (χ3n) is 17.5. The number of halogens is 1. The molecule has 1 heterocycles. The van der Waals surface area contributed by atoms with Crippen LogP contribution in [-0.4, -0.2) is 36.2 Å². The maximum Gasteiger partial charge on any atom is 0.315 e. The van der Waals surface area contributed by atoms with Crippen molar-refractivity contribution in [2.75, 3.05) is 19.8 Å². The van der Waals surface area contributed by atoms with Gasteiger partial charge in [0.2, 0.25) is 0 Å². The van der Waals surface area contributed by atoms with Gasteiger partial charge in [0.15, 0.2) is 0 Å². The topological polar surface area (TPSA) is 29.3 Å². The molecule has 0 aromatic heterocycles. The van der Waals surface area contributed by atoms with Gasteiger partial charge in [0, 0.05) is 18.6 Å². The number of carbonyl (C=O) groups excluding carboxylic acids is 1. The Balaban J connectivity index is 1.04. The Hall–Kier alpha value is -2.20. The summed E-state index contributed by atoms with van der Waals surface area (Å²) in [5.74, 6) is 3.23. The van der Waals surface area contributed by atoms with E-state index in [1.807, 2.05) is 30.3 Å². The molecule has 1 aromatic rings. The molecule has 4 saturated carbocycles. The fraction of sp³-hybridized carbons (Fsp3) is 0.717. The number of hydrogen-bond acceptors (Lipinski definition) is 3. The molecule has 1 aromatic carbocycles. The SMILES string of the molecule is C=C(C)[C@@H]1CC[C@]2(N3CC3)CC[C@]3(C)[C@H](CC[C@@H]4[C@@]5(C)CC=C(C6=CC[C@@](CF)(C(=O)OCc7ccccc7)CC6)C(C)(C)[C@@H]5CC[C@]43C)[C@@H]12. The van der Waals surface area contributed by atoms with Gasteiger partial charge in [-0.05, 0) is 152 Å². The van der Waals surface area contributed by atoms with Crippen molar-refractivity contribution in [2.45, 2.75) is 131 Å². The first-order valence-corrected chi connectivity index (χ1v) is 20.3. The van der Waals surface area contributed by atoms with Gasteiger partial charge in [0.25, 0.3) is 0 Å². The first-order valence-electron chi connectivity index (χ1n) is 20.3. The molecule has 6 aliphatic carbocycles. The number of ether oxygens (including phenoxy) is 1. The van der Waals surface area contributed by atoms with Gasteiger partial charge in [0.1, 0.15) is 13.3 Å². The lowest BCUT2D eigenvalue weighted by Gasteiger charge is -2.72. The number of benzene rings is 1. The highest BCUT2D eigenvalue weighted by molar-refractivity contribution is 5.78. The molecule has 3 nitrogen and oxygen atoms in total. The zero-order valence-electron chi connectivity index (χ0n) is 32.1. The minimum atomic E-state index is -1.07. The van der Waals surface area contributed by atoms with Crippen LogP contribution in [-0.2, 0) is 16.1 Å². The third-order valence-corrected chi connectivity index (χ3v) is 17.5. The molecule has 0 bridgehead atoms. The highest BCUT2D eigenvalue weighted by Gasteiger charge is 2.71. The Morgan fingerprint density at radius 2 is 1.64 bits per heavy atom. The minimum Gasteiger partial charge on any atom is -0.460 e. The Kier molecular flexibility index (Phi) is 8.30. The Bertz CT molecular complexity index is 1590. The highest BCUT2D eigenvalue weighted by atomic mass is 19.1. The molecule has 10 atom stereocenters. The highest BCUT2D eigenvalue weighted by Crippen LogP contribution is 2.77. The quantitative estimate of drug-likeness (QED) is 0.163. The maximum absolute atomic E-state index is 14.7. The molecular formula is C46H64FNO2. The van der Waals surface area contributed by atoms with Crippen molar-refractivity contribution in [2.24, 2.45) is 56.7 Å². The molecule has 1 aliphatic heterocycles. The van der Waals surface area contributed by atoms with E-state index < -0.39 is 12.1 Å². The summed E-state index contributed by atoms with van der Waals surface area (Å²) in [6.45, 7) is 22.3. The fourth-order valence-electron chi connectivity index (χ4n) is 14.7. The molecule has 5 fully saturated rings. The number of carbonyl (C=O) groups is 1. The molecule has 8 rings (SSSR count). The predicted molar refractivity (Wildman–Crippen MR) is 201 cm³/mol. The number of esters is 1. The van der Waals surface area contributed by atoms with E-state index in [-0.39, 0.29) is 23.4 Å². The summed E-state index contributed by atoms with van der Waals surface area (Å²) in [7, 11) is 0. The van der Waals surface area contributed by atoms with E-state index in [1.165, 1.54) is 81.2 Å². The van der Waals surface area contributed by atoms with Crippen molar-refractivity contribution in [3.63, 3.8) is 0 Å². The number of fused-ring (bicyclic) bond motifs is 7. The lowest BCUT2D eigenvalue weighted by Crippen LogP contribution is -2.67. The van der Waals surface area contributed by atoms with Crippen molar-refractivity contribution < 1.29 is 13.9 Å². The summed E-state index contributed by atoms with van der Waals surface area (Å²) < 4.78 is 20.4. The summed E-state index contributed by atoms with van der Waals surface area (Å²) in [6.07, 6.45) is 18.5. The standard InChI is InChI=1S/C46H64FNO2/c1-31(2)34-17-24-46(48-27-28-48)26-25-43(6)36(39(34)46)13-14-38-42(5)20-18-35(41(3,4)37(42)19-21-44(38,43)7)33-15-22-45(30-47,23-16-33)40(49)50-29-32-11-9-8-10-12-32/h8-12,15,18,34,36-39H,1,13-14,16-17,19-30H2,2-7H3/t34-,36+,37-,38+,39+,42-,43+,44+,45+,46-/m0/s1. The van der Waals surface area contributed by atoms with Crippen LogP contribution in [0.4, 0.5) is 4.39 Å². The number of hydrogen-bond donors (Lipinski definition) is 0. The zero-order valence-corrected chi connectivity index (χ0v) is 32.1. The van der Waals surface area contributed by atoms with E-state index in [4.69, 9.17) is 4.74 Å². The lowest BCUT2D eigenvalue weighted by atomic mass is 9.33. The molecule has 0 N–H and O–H groups in total. The second-order valence-electron chi connectivity index (χ2n) is 19.7. The van der Waals surface area contributed by atoms with Gasteiger partial charge in [-0.3, -0.25) is 9.69 Å². The van der Waals surface area contributed by atoms with E-state index in [0.29, 0.717) is 41.0 Å². The predicted octanol–water partition coefficient (Wildman–Crippen LogP) is 11.1. The number of alkyl halides is 1. The molecule has 0 radical (unpaired) electrons. The van der Waals surface area contributed by atoms with Crippen molar-refractivity contribution >= 4 is 5.97 Å². The summed E-state index contributed by atoms with van der Waals surface area (Å²) in [4.78, 5) is 16.2. The third kappa shape index (κ3) is 4.84. The van der Waals surface area contributed by atoms with Gasteiger partial charge in [-0.15, -0.1) is 0 Å². The Morgan fingerprint density at radius 1 is 0.880 bits per heavy atom. The summed E-state index contributed by atoms with van der Waals surface area (Å²) in [5.41, 5.74) is 5.62. The van der Waals surface area contributed by atoms with Crippen LogP contribution in [0.3, 0.4) is 0 Å². The van der Waals surface area contributed by atoms with Gasteiger partial charge >= 0.3 is 5.97 Å². The lowest BCUT2D eigenvalue weighted by molar-refractivity contribution is -0.224. The van der Waals surface area contributed by atoms with Crippen molar-refractivity contribution in [3.05, 3.63) is 71.3 Å². The number of rotatable bonds is 7. The van der Waals surface area contributed by atoms with Crippen LogP contribution in [0.5, 0.6) is 0 Å².